The van der Waals surface area contributed by atoms with Gasteiger partial charge in [-0.2, -0.15) is 0 Å². The predicted octanol–water partition coefficient (Wildman–Crippen LogP) is 4.76. The third-order valence-corrected chi connectivity index (χ3v) is 9.97. The van der Waals surface area contributed by atoms with Crippen molar-refractivity contribution >= 4 is 0 Å². The van der Waals surface area contributed by atoms with Crippen LogP contribution in [0.5, 0.6) is 0 Å². The molecule has 0 amide bonds. The van der Waals surface area contributed by atoms with Gasteiger partial charge in [0.05, 0.1) is 6.10 Å². The molecule has 6 nitrogen and oxygen atoms in total. The number of nitrogens with zero attached hydrogens (tertiary/aromatic N) is 2. The topological polar surface area (TPSA) is 60.0 Å². The largest absolute Gasteiger partial charge is 0.493 e. The summed E-state index contributed by atoms with van der Waals surface area (Å²) in [6.07, 6.45) is 19.4. The third kappa shape index (κ3) is 6.75. The number of rotatable bonds is 9. The molecule has 2 aliphatic heterocycles. The van der Waals surface area contributed by atoms with E-state index < -0.39 is 0 Å². The number of hydrogen-bond acceptors (Lipinski definition) is 6. The zero-order valence-electron chi connectivity index (χ0n) is 24.1. The Hall–Kier alpha value is -1.60. The second-order valence-corrected chi connectivity index (χ2v) is 12.6. The number of aliphatic hydroxyl groups excluding tert-OH is 1. The summed E-state index contributed by atoms with van der Waals surface area (Å²) in [6.45, 7) is 10.9. The Morgan fingerprint density at radius 1 is 1.11 bits per heavy atom. The number of nitrogens with one attached hydrogen (secondary N) is 2. The van der Waals surface area contributed by atoms with Gasteiger partial charge in [0.25, 0.3) is 0 Å². The van der Waals surface area contributed by atoms with E-state index in [-0.39, 0.29) is 6.10 Å². The fourth-order valence-corrected chi connectivity index (χ4v) is 7.34. The molecule has 5 rings (SSSR count). The fourth-order valence-electron chi connectivity index (χ4n) is 7.34. The Kier molecular flexibility index (Phi) is 9.69. The van der Waals surface area contributed by atoms with E-state index in [9.17, 15) is 5.11 Å². The highest BCUT2D eigenvalue weighted by Crippen LogP contribution is 2.41. The average molecular weight is 525 g/mol. The van der Waals surface area contributed by atoms with Crippen molar-refractivity contribution in [1.29, 1.82) is 0 Å². The molecule has 2 saturated heterocycles. The molecule has 0 spiro atoms. The molecule has 5 aliphatic rings. The molecule has 3 fully saturated rings. The van der Waals surface area contributed by atoms with Crippen LogP contribution in [0, 0.1) is 23.7 Å². The Bertz CT molecular complexity index is 916. The maximum Gasteiger partial charge on any atom is 0.115 e. The van der Waals surface area contributed by atoms with Gasteiger partial charge in [0, 0.05) is 50.4 Å². The van der Waals surface area contributed by atoms with Crippen LogP contribution in [0.2, 0.25) is 0 Å². The number of ether oxygens (including phenoxy) is 1. The second kappa shape index (κ2) is 13.2. The third-order valence-electron chi connectivity index (χ3n) is 9.97. The van der Waals surface area contributed by atoms with Gasteiger partial charge in [-0.15, -0.1) is 0 Å². The van der Waals surface area contributed by atoms with E-state index >= 15 is 0 Å². The quantitative estimate of drug-likeness (QED) is 0.404. The Morgan fingerprint density at radius 2 is 1.95 bits per heavy atom. The molecule has 212 valence electrons. The zero-order chi connectivity index (χ0) is 26.5. The van der Waals surface area contributed by atoms with Crippen LogP contribution in [0.4, 0.5) is 0 Å². The van der Waals surface area contributed by atoms with E-state index in [2.05, 4.69) is 65.9 Å². The summed E-state index contributed by atoms with van der Waals surface area (Å²) in [5.74, 6) is 3.07. The minimum atomic E-state index is -0.312. The van der Waals surface area contributed by atoms with Crippen LogP contribution >= 0.6 is 0 Å². The molecule has 0 radical (unpaired) electrons. The van der Waals surface area contributed by atoms with Crippen molar-refractivity contribution in [1.82, 2.24) is 20.7 Å². The zero-order valence-corrected chi connectivity index (χ0v) is 24.1. The smallest absolute Gasteiger partial charge is 0.115 e. The molecule has 3 aliphatic carbocycles. The number of fused-ring (bicyclic) bond motifs is 2. The van der Waals surface area contributed by atoms with Gasteiger partial charge in [0.15, 0.2) is 0 Å². The highest BCUT2D eigenvalue weighted by atomic mass is 16.5. The van der Waals surface area contributed by atoms with Crippen LogP contribution in [-0.2, 0) is 4.74 Å². The first-order valence-electron chi connectivity index (χ1n) is 15.6. The van der Waals surface area contributed by atoms with Gasteiger partial charge < -0.3 is 20.2 Å². The van der Waals surface area contributed by atoms with Gasteiger partial charge in [-0.25, -0.2) is 5.43 Å². The first kappa shape index (κ1) is 27.9. The van der Waals surface area contributed by atoms with Crippen LogP contribution in [0.3, 0.4) is 0 Å². The van der Waals surface area contributed by atoms with E-state index in [1.807, 2.05) is 0 Å². The van der Waals surface area contributed by atoms with Crippen LogP contribution in [0.25, 0.3) is 0 Å². The number of allylic oxidation sites excluding steroid dienone is 5. The average Bonchev–Trinajstić information content (AvgIpc) is 3.30. The summed E-state index contributed by atoms with van der Waals surface area (Å²) in [5, 5.41) is 11.6. The lowest BCUT2D eigenvalue weighted by atomic mass is 9.72. The van der Waals surface area contributed by atoms with Crippen molar-refractivity contribution in [3.63, 3.8) is 0 Å². The summed E-state index contributed by atoms with van der Waals surface area (Å²) in [4.78, 5) is 4.92. The molecule has 0 aromatic carbocycles. The summed E-state index contributed by atoms with van der Waals surface area (Å²) in [7, 11) is 2.20. The number of likely N-dealkylation sites (N-methyl/N-ethyl adjacent to an activating group) is 1. The highest BCUT2D eigenvalue weighted by molar-refractivity contribution is 5.37. The van der Waals surface area contributed by atoms with Crippen LogP contribution < -0.4 is 10.9 Å². The maximum absolute atomic E-state index is 11.6. The normalized spacial score (nSPS) is 33.4. The van der Waals surface area contributed by atoms with Gasteiger partial charge in [0.1, 0.15) is 12.4 Å². The minimum Gasteiger partial charge on any atom is -0.493 e. The van der Waals surface area contributed by atoms with E-state index in [0.29, 0.717) is 29.7 Å². The molecule has 2 heterocycles. The molecule has 6 atom stereocenters. The fraction of sp³-hybridized carbons (Fsp3) is 0.750. The summed E-state index contributed by atoms with van der Waals surface area (Å²) in [6, 6.07) is 0.478. The number of hydrogen-bond donors (Lipinski definition) is 3. The number of aliphatic hydroxyl groups is 1. The monoisotopic (exact) mass is 524 g/mol. The van der Waals surface area contributed by atoms with Crippen molar-refractivity contribution in [3.8, 4) is 0 Å². The first-order chi connectivity index (χ1) is 18.5. The van der Waals surface area contributed by atoms with E-state index in [4.69, 9.17) is 4.74 Å². The van der Waals surface area contributed by atoms with Gasteiger partial charge in [0.2, 0.25) is 0 Å². The van der Waals surface area contributed by atoms with Crippen LogP contribution in [0.1, 0.15) is 71.6 Å². The first-order valence-corrected chi connectivity index (χ1v) is 15.6. The number of piperazine rings is 1. The summed E-state index contributed by atoms with van der Waals surface area (Å²) in [5.41, 5.74) is 10.8. The van der Waals surface area contributed by atoms with Crippen molar-refractivity contribution < 1.29 is 9.84 Å². The van der Waals surface area contributed by atoms with Gasteiger partial charge in [-0.3, -0.25) is 4.90 Å². The minimum absolute atomic E-state index is 0.312. The molecule has 38 heavy (non-hydrogen) atoms. The van der Waals surface area contributed by atoms with Gasteiger partial charge >= 0.3 is 0 Å². The lowest BCUT2D eigenvalue weighted by Gasteiger charge is -2.35. The van der Waals surface area contributed by atoms with E-state index in [1.54, 1.807) is 0 Å². The van der Waals surface area contributed by atoms with Crippen molar-refractivity contribution in [2.24, 2.45) is 23.7 Å². The lowest BCUT2D eigenvalue weighted by Crippen LogP contribution is -2.45. The maximum atomic E-state index is 11.6. The number of hydrazine groups is 1. The lowest BCUT2D eigenvalue weighted by molar-refractivity contribution is 0.105. The van der Waals surface area contributed by atoms with Crippen molar-refractivity contribution in [2.45, 2.75) is 83.8 Å². The van der Waals surface area contributed by atoms with Crippen molar-refractivity contribution in [2.75, 3.05) is 46.4 Å². The highest BCUT2D eigenvalue weighted by Gasteiger charge is 2.37. The van der Waals surface area contributed by atoms with Crippen LogP contribution in [0.15, 0.2) is 46.9 Å². The van der Waals surface area contributed by atoms with Gasteiger partial charge in [-0.1, -0.05) is 32.3 Å². The Balaban J connectivity index is 1.12. The summed E-state index contributed by atoms with van der Waals surface area (Å²) >= 11 is 0. The molecular formula is C32H52N4O2. The Labute approximate surface area is 231 Å². The number of unbranched alkanes of at least 4 members (excludes halogenated alkanes) is 1. The predicted molar refractivity (Wildman–Crippen MR) is 155 cm³/mol. The molecule has 6 heteroatoms. The SMILES string of the molecule is CCCCC1NNC2=CC(C)=C(C(O)C3CCCC4C=C(OCCN5CCN(C)CC5)C=CC4CC3)CC21. The standard InChI is InChI=1S/C32H52N4O2/c1-4-5-9-30-29-22-28(23(2)20-31(29)34-33-30)32(37)25-7-6-8-26-21-27(13-12-24(26)10-11-25)38-19-18-36-16-14-35(3)15-17-36/h12-13,20-21,24-26,29-30,32-34,37H,4-11,14-19,22H2,1-3H3. The van der Waals surface area contributed by atoms with Crippen molar-refractivity contribution in [3.05, 3.63) is 46.9 Å². The molecular weight excluding hydrogens is 472 g/mol. The van der Waals surface area contributed by atoms with Gasteiger partial charge in [-0.05, 0) is 99.6 Å². The van der Waals surface area contributed by atoms with Crippen LogP contribution in [-0.4, -0.2) is 73.4 Å². The molecule has 0 aromatic rings. The Morgan fingerprint density at radius 3 is 2.76 bits per heavy atom. The molecule has 1 saturated carbocycles. The van der Waals surface area contributed by atoms with E-state index in [0.717, 1.165) is 70.8 Å². The second-order valence-electron chi connectivity index (χ2n) is 12.6. The molecule has 6 unspecified atom stereocenters. The molecule has 3 N–H and O–H groups in total. The summed E-state index contributed by atoms with van der Waals surface area (Å²) < 4.78 is 6.21. The molecule has 0 aromatic heterocycles. The van der Waals surface area contributed by atoms with E-state index in [1.165, 1.54) is 48.9 Å². The molecule has 0 bridgehead atoms.